The number of hydrogen-bond acceptors (Lipinski definition) is 2. The second kappa shape index (κ2) is 9.61. The number of anilines is 2. The molecule has 4 aromatic rings. The Bertz CT molecular complexity index is 1480. The van der Waals surface area contributed by atoms with E-state index in [0.29, 0.717) is 15.7 Å². The van der Waals surface area contributed by atoms with E-state index in [4.69, 9.17) is 23.2 Å². The summed E-state index contributed by atoms with van der Waals surface area (Å²) in [5.41, 5.74) is 4.21. The van der Waals surface area contributed by atoms with Crippen molar-refractivity contribution in [2.24, 2.45) is 0 Å². The summed E-state index contributed by atoms with van der Waals surface area (Å²) in [5.74, 6) is -0.159. The van der Waals surface area contributed by atoms with Crippen LogP contribution in [0.15, 0.2) is 91.1 Å². The van der Waals surface area contributed by atoms with Gasteiger partial charge in [0.25, 0.3) is 0 Å². The topological polar surface area (TPSA) is 57.6 Å². The second-order valence-corrected chi connectivity index (χ2v) is 10.2. The van der Waals surface area contributed by atoms with Crippen LogP contribution in [0.25, 0.3) is 5.69 Å². The maximum Gasteiger partial charge on any atom is 0.322 e. The number of para-hydroxylation sites is 2. The Labute approximate surface area is 225 Å². The van der Waals surface area contributed by atoms with Crippen LogP contribution in [0.2, 0.25) is 10.0 Å². The molecule has 0 saturated heterocycles. The first-order valence-corrected chi connectivity index (χ1v) is 12.9. The number of amides is 3. The van der Waals surface area contributed by atoms with Gasteiger partial charge >= 0.3 is 6.03 Å². The predicted molar refractivity (Wildman–Crippen MR) is 147 cm³/mol. The lowest BCUT2D eigenvalue weighted by atomic mass is 9.97. The number of halogens is 2. The standard InChI is InChI=1S/C29H24Cl2N4O2/c30-20-12-10-19(11-13-20)28-26-9-4-16-33(26)24-7-1-2-8-25(24)35(28)27(36)18-34(23-14-15-23)29(37)32-22-6-3-5-21(31)17-22/h1-13,16-17,23,28H,14-15,18H2,(H,32,37). The molecule has 6 nitrogen and oxygen atoms in total. The molecule has 3 amide bonds. The molecule has 3 aromatic carbocycles. The van der Waals surface area contributed by atoms with E-state index in [1.165, 1.54) is 0 Å². The van der Waals surface area contributed by atoms with Gasteiger partial charge in [0.1, 0.15) is 12.6 Å². The zero-order valence-corrected chi connectivity index (χ0v) is 21.4. The molecule has 1 atom stereocenters. The summed E-state index contributed by atoms with van der Waals surface area (Å²) in [5, 5.41) is 4.07. The molecular formula is C29H24Cl2N4O2. The Morgan fingerprint density at radius 1 is 0.865 bits per heavy atom. The molecule has 2 heterocycles. The van der Waals surface area contributed by atoms with E-state index in [1.807, 2.05) is 71.8 Å². The number of fused-ring (bicyclic) bond motifs is 3. The molecule has 1 aliphatic carbocycles. The molecule has 37 heavy (non-hydrogen) atoms. The molecule has 1 N–H and O–H groups in total. The Morgan fingerprint density at radius 3 is 2.35 bits per heavy atom. The Morgan fingerprint density at radius 2 is 1.62 bits per heavy atom. The van der Waals surface area contributed by atoms with Crippen LogP contribution < -0.4 is 10.2 Å². The van der Waals surface area contributed by atoms with Gasteiger partial charge in [0.15, 0.2) is 0 Å². The minimum absolute atomic E-state index is 0.0287. The summed E-state index contributed by atoms with van der Waals surface area (Å²) >= 11 is 12.3. The van der Waals surface area contributed by atoms with Crippen molar-refractivity contribution in [2.75, 3.05) is 16.8 Å². The highest BCUT2D eigenvalue weighted by Gasteiger charge is 2.40. The summed E-state index contributed by atoms with van der Waals surface area (Å²) in [4.78, 5) is 30.9. The number of rotatable bonds is 5. The fourth-order valence-electron chi connectivity index (χ4n) is 4.96. The molecule has 1 fully saturated rings. The Balaban J connectivity index is 1.36. The lowest BCUT2D eigenvalue weighted by molar-refractivity contribution is -0.119. The SMILES string of the molecule is O=C(Nc1cccc(Cl)c1)N(CC(=O)N1c2ccccc2-n2cccc2C1c1ccc(Cl)cc1)C1CC1. The highest BCUT2D eigenvalue weighted by atomic mass is 35.5. The van der Waals surface area contributed by atoms with E-state index in [9.17, 15) is 9.59 Å². The van der Waals surface area contributed by atoms with Gasteiger partial charge < -0.3 is 14.8 Å². The van der Waals surface area contributed by atoms with Gasteiger partial charge in [0.2, 0.25) is 5.91 Å². The van der Waals surface area contributed by atoms with Gasteiger partial charge in [-0.25, -0.2) is 4.79 Å². The average molecular weight is 531 g/mol. The van der Waals surface area contributed by atoms with E-state index < -0.39 is 0 Å². The van der Waals surface area contributed by atoms with Crippen molar-refractivity contribution < 1.29 is 9.59 Å². The summed E-state index contributed by atoms with van der Waals surface area (Å²) in [7, 11) is 0. The molecule has 1 aliphatic heterocycles. The minimum Gasteiger partial charge on any atom is -0.316 e. The van der Waals surface area contributed by atoms with E-state index >= 15 is 0 Å². The molecule has 6 rings (SSSR count). The number of aromatic nitrogens is 1. The summed E-state index contributed by atoms with van der Waals surface area (Å²) in [6.45, 7) is -0.0454. The van der Waals surface area contributed by atoms with Crippen molar-refractivity contribution in [1.29, 1.82) is 0 Å². The number of hydrogen-bond donors (Lipinski definition) is 1. The molecule has 0 bridgehead atoms. The number of benzene rings is 3. The molecular weight excluding hydrogens is 507 g/mol. The van der Waals surface area contributed by atoms with Gasteiger partial charge in [0, 0.05) is 28.0 Å². The first-order valence-electron chi connectivity index (χ1n) is 12.2. The average Bonchev–Trinajstić information content (AvgIpc) is 3.62. The third-order valence-electron chi connectivity index (χ3n) is 6.80. The van der Waals surface area contributed by atoms with E-state index in [2.05, 4.69) is 9.88 Å². The third kappa shape index (κ3) is 4.59. The van der Waals surface area contributed by atoms with Crippen molar-refractivity contribution in [2.45, 2.75) is 24.9 Å². The zero-order valence-electron chi connectivity index (χ0n) is 19.9. The smallest absolute Gasteiger partial charge is 0.316 e. The second-order valence-electron chi connectivity index (χ2n) is 9.31. The number of carbonyl (C=O) groups is 2. The quantitative estimate of drug-likeness (QED) is 0.304. The van der Waals surface area contributed by atoms with Crippen LogP contribution in [0.5, 0.6) is 0 Å². The lowest BCUT2D eigenvalue weighted by Gasteiger charge is -2.39. The summed E-state index contributed by atoms with van der Waals surface area (Å²) in [6.07, 6.45) is 3.75. The molecule has 1 aromatic heterocycles. The normalized spacial score (nSPS) is 16.1. The van der Waals surface area contributed by atoms with Gasteiger partial charge in [-0.05, 0) is 73.0 Å². The van der Waals surface area contributed by atoms with Crippen LogP contribution in [0.1, 0.15) is 30.1 Å². The molecule has 8 heteroatoms. The van der Waals surface area contributed by atoms with E-state index in [1.54, 1.807) is 29.2 Å². The predicted octanol–water partition coefficient (Wildman–Crippen LogP) is 6.92. The van der Waals surface area contributed by atoms with E-state index in [-0.39, 0.29) is 30.6 Å². The number of nitrogens with one attached hydrogen (secondary N) is 1. The minimum atomic E-state index is -0.369. The van der Waals surface area contributed by atoms with E-state index in [0.717, 1.165) is 35.5 Å². The number of carbonyl (C=O) groups excluding carboxylic acids is 2. The third-order valence-corrected chi connectivity index (χ3v) is 7.29. The maximum atomic E-state index is 14.1. The molecule has 1 unspecified atom stereocenters. The van der Waals surface area contributed by atoms with Crippen molar-refractivity contribution in [1.82, 2.24) is 9.47 Å². The number of urea groups is 1. The molecule has 0 radical (unpaired) electrons. The Hall–Kier alpha value is -3.74. The molecule has 0 spiro atoms. The first-order chi connectivity index (χ1) is 18.0. The number of nitrogens with zero attached hydrogens (tertiary/aromatic N) is 3. The molecule has 186 valence electrons. The van der Waals surface area contributed by atoms with Gasteiger partial charge in [-0.15, -0.1) is 0 Å². The van der Waals surface area contributed by atoms with Crippen LogP contribution in [-0.4, -0.2) is 34.0 Å². The molecule has 1 saturated carbocycles. The van der Waals surface area contributed by atoms with Crippen LogP contribution in [0.4, 0.5) is 16.2 Å². The Kier molecular flexibility index (Phi) is 6.14. The fourth-order valence-corrected chi connectivity index (χ4v) is 5.28. The van der Waals surface area contributed by atoms with Gasteiger partial charge in [-0.1, -0.05) is 53.5 Å². The highest BCUT2D eigenvalue weighted by molar-refractivity contribution is 6.31. The van der Waals surface area contributed by atoms with Crippen molar-refractivity contribution >= 4 is 46.5 Å². The van der Waals surface area contributed by atoms with Crippen molar-refractivity contribution in [3.05, 3.63) is 112 Å². The van der Waals surface area contributed by atoms with Gasteiger partial charge in [-0.2, -0.15) is 0 Å². The molecule has 2 aliphatic rings. The van der Waals surface area contributed by atoms with Crippen LogP contribution in [0.3, 0.4) is 0 Å². The maximum absolute atomic E-state index is 14.1. The van der Waals surface area contributed by atoms with Gasteiger partial charge in [0.05, 0.1) is 17.1 Å². The summed E-state index contributed by atoms with van der Waals surface area (Å²) in [6, 6.07) is 25.8. The lowest BCUT2D eigenvalue weighted by Crippen LogP contribution is -2.48. The van der Waals surface area contributed by atoms with Crippen LogP contribution in [-0.2, 0) is 4.79 Å². The highest BCUT2D eigenvalue weighted by Crippen LogP contribution is 2.42. The zero-order chi connectivity index (χ0) is 25.5. The van der Waals surface area contributed by atoms with Crippen molar-refractivity contribution in [3.63, 3.8) is 0 Å². The first kappa shape index (κ1) is 23.6. The summed E-state index contributed by atoms with van der Waals surface area (Å²) < 4.78 is 2.11. The van der Waals surface area contributed by atoms with Gasteiger partial charge in [-0.3, -0.25) is 9.69 Å². The largest absolute Gasteiger partial charge is 0.322 e. The fraction of sp³-hybridized carbons (Fsp3) is 0.172. The van der Waals surface area contributed by atoms with Crippen LogP contribution >= 0.6 is 23.2 Å². The van der Waals surface area contributed by atoms with Crippen molar-refractivity contribution in [3.8, 4) is 5.69 Å². The monoisotopic (exact) mass is 530 g/mol. The van der Waals surface area contributed by atoms with Crippen LogP contribution in [0, 0.1) is 0 Å².